The van der Waals surface area contributed by atoms with Gasteiger partial charge in [0.2, 0.25) is 0 Å². The molecule has 0 aromatic heterocycles. The van der Waals surface area contributed by atoms with Crippen LogP contribution in [-0.4, -0.2) is 0 Å². The zero-order valence-corrected chi connectivity index (χ0v) is 12.2. The van der Waals surface area contributed by atoms with Crippen molar-refractivity contribution in [1.82, 2.24) is 0 Å². The average Bonchev–Trinajstić information content (AvgIpc) is 2.60. The van der Waals surface area contributed by atoms with Gasteiger partial charge in [-0.2, -0.15) is 0 Å². The zero-order valence-electron chi connectivity index (χ0n) is 7.39. The van der Waals surface area contributed by atoms with Crippen LogP contribution in [0.5, 0.6) is 0 Å². The highest BCUT2D eigenvalue weighted by Crippen LogP contribution is 2.60. The van der Waals surface area contributed by atoms with E-state index in [1.165, 1.54) is 18.3 Å². The second-order valence-electron chi connectivity index (χ2n) is 2.64. The maximum Gasteiger partial charge on any atom is 0.104 e. The van der Waals surface area contributed by atoms with E-state index in [2.05, 4.69) is 13.8 Å². The van der Waals surface area contributed by atoms with Crippen LogP contribution in [0.25, 0.3) is 0 Å². The lowest BCUT2D eigenvalue weighted by Crippen LogP contribution is -1.66. The van der Waals surface area contributed by atoms with Crippen molar-refractivity contribution < 1.29 is 0 Å². The van der Waals surface area contributed by atoms with Crippen LogP contribution in [0.15, 0.2) is 27.0 Å². The largest absolute Gasteiger partial charge is 0.104 e. The molecule has 14 heavy (non-hydrogen) atoms. The summed E-state index contributed by atoms with van der Waals surface area (Å²) in [7, 11) is 0. The fourth-order valence-corrected chi connectivity index (χ4v) is 6.59. The number of thioether (sulfide) groups is 4. The number of halogens is 2. The van der Waals surface area contributed by atoms with Gasteiger partial charge >= 0.3 is 0 Å². The van der Waals surface area contributed by atoms with Crippen molar-refractivity contribution in [3.05, 3.63) is 27.0 Å². The molecule has 0 unspecified atom stereocenters. The summed E-state index contributed by atoms with van der Waals surface area (Å²) in [6.07, 6.45) is 0. The molecule has 0 amide bonds. The molecule has 2 rings (SSSR count). The molecule has 0 radical (unpaired) electrons. The third-order valence-electron chi connectivity index (χ3n) is 1.67. The molecule has 2 aliphatic rings. The fraction of sp³-hybridized carbons (Fsp3) is 0.250. The minimum atomic E-state index is 0.697. The Hall–Kier alpha value is 1.20. The maximum atomic E-state index is 5.93. The van der Waals surface area contributed by atoms with E-state index in [0.29, 0.717) is 8.73 Å². The topological polar surface area (TPSA) is 0 Å². The lowest BCUT2D eigenvalue weighted by atomic mass is 10.6. The summed E-state index contributed by atoms with van der Waals surface area (Å²) in [5, 5.41) is 0. The van der Waals surface area contributed by atoms with E-state index in [4.69, 9.17) is 23.2 Å². The summed E-state index contributed by atoms with van der Waals surface area (Å²) in [5.74, 6) is 0. The Kier molecular flexibility index (Phi) is 3.83. The van der Waals surface area contributed by atoms with Gasteiger partial charge < -0.3 is 0 Å². The minimum Gasteiger partial charge on any atom is -0.0849 e. The summed E-state index contributed by atoms with van der Waals surface area (Å²) in [6.45, 7) is 4.28. The van der Waals surface area contributed by atoms with Gasteiger partial charge in [0.1, 0.15) is 8.73 Å². The van der Waals surface area contributed by atoms with Crippen molar-refractivity contribution in [3.8, 4) is 0 Å². The van der Waals surface area contributed by atoms with E-state index < -0.39 is 0 Å². The molecule has 0 aliphatic carbocycles. The van der Waals surface area contributed by atoms with Crippen LogP contribution in [0.2, 0.25) is 0 Å². The molecule has 0 nitrogen and oxygen atoms in total. The van der Waals surface area contributed by atoms with Crippen LogP contribution >= 0.6 is 70.2 Å². The zero-order chi connectivity index (χ0) is 10.3. The van der Waals surface area contributed by atoms with Gasteiger partial charge in [-0.3, -0.25) is 0 Å². The maximum absolute atomic E-state index is 5.93. The van der Waals surface area contributed by atoms with E-state index in [9.17, 15) is 0 Å². The van der Waals surface area contributed by atoms with Crippen molar-refractivity contribution in [2.75, 3.05) is 0 Å². The standard InChI is InChI=1S/C8H6Cl2S4/c1-3-4(2)12-7(11-3)8-13-5(9)6(10)14-8/h1-2H3. The number of hydrogen-bond donors (Lipinski definition) is 0. The second kappa shape index (κ2) is 4.60. The van der Waals surface area contributed by atoms with Crippen LogP contribution in [0.1, 0.15) is 13.8 Å². The molecule has 2 heterocycles. The Morgan fingerprint density at radius 2 is 1.07 bits per heavy atom. The first kappa shape index (κ1) is 11.7. The summed E-state index contributed by atoms with van der Waals surface area (Å²) in [5.41, 5.74) is 0. The van der Waals surface area contributed by atoms with Gasteiger partial charge in [0.25, 0.3) is 0 Å². The normalized spacial score (nSPS) is 23.1. The molecule has 0 aromatic rings. The molecular formula is C8H6Cl2S4. The predicted molar refractivity (Wildman–Crippen MR) is 74.5 cm³/mol. The van der Waals surface area contributed by atoms with E-state index in [1.54, 1.807) is 23.5 Å². The van der Waals surface area contributed by atoms with Gasteiger partial charge in [-0.05, 0) is 23.7 Å². The summed E-state index contributed by atoms with van der Waals surface area (Å²) >= 11 is 18.6. The monoisotopic (exact) mass is 300 g/mol. The van der Waals surface area contributed by atoms with Crippen LogP contribution in [0, 0.1) is 0 Å². The van der Waals surface area contributed by atoms with Crippen LogP contribution in [0.3, 0.4) is 0 Å². The first-order valence-electron chi connectivity index (χ1n) is 3.76. The van der Waals surface area contributed by atoms with Crippen molar-refractivity contribution in [1.29, 1.82) is 0 Å². The number of allylic oxidation sites excluding steroid dienone is 2. The molecule has 0 bridgehead atoms. The molecule has 76 valence electrons. The quantitative estimate of drug-likeness (QED) is 0.543. The number of rotatable bonds is 0. The Bertz CT molecular complexity index is 313. The van der Waals surface area contributed by atoms with Crippen molar-refractivity contribution in [2.45, 2.75) is 13.8 Å². The van der Waals surface area contributed by atoms with Gasteiger partial charge in [-0.15, -0.1) is 0 Å². The van der Waals surface area contributed by atoms with E-state index in [1.807, 2.05) is 23.5 Å². The summed E-state index contributed by atoms with van der Waals surface area (Å²) < 4.78 is 3.92. The second-order valence-corrected chi connectivity index (χ2v) is 8.85. The Labute approximate surface area is 110 Å². The third-order valence-corrected chi connectivity index (χ3v) is 8.16. The molecule has 6 heteroatoms. The van der Waals surface area contributed by atoms with Crippen LogP contribution in [-0.2, 0) is 0 Å². The Morgan fingerprint density at radius 3 is 1.50 bits per heavy atom. The Morgan fingerprint density at radius 1 is 0.714 bits per heavy atom. The smallest absolute Gasteiger partial charge is 0.0849 e. The molecule has 2 aliphatic heterocycles. The van der Waals surface area contributed by atoms with E-state index >= 15 is 0 Å². The summed E-state index contributed by atoms with van der Waals surface area (Å²) in [6, 6.07) is 0. The SMILES string of the molecule is CC1=C(C)SC(=C2SC(Cl)=C(Cl)S2)S1. The van der Waals surface area contributed by atoms with Crippen molar-refractivity contribution >= 4 is 70.2 Å². The van der Waals surface area contributed by atoms with Crippen molar-refractivity contribution in [2.24, 2.45) is 0 Å². The molecule has 0 atom stereocenters. The van der Waals surface area contributed by atoms with E-state index in [-0.39, 0.29) is 0 Å². The fourth-order valence-electron chi connectivity index (χ4n) is 0.873. The van der Waals surface area contributed by atoms with Gasteiger partial charge in [-0.1, -0.05) is 70.2 Å². The molecule has 0 fully saturated rings. The first-order chi connectivity index (χ1) is 6.58. The third kappa shape index (κ3) is 2.30. The van der Waals surface area contributed by atoms with Gasteiger partial charge in [0, 0.05) is 0 Å². The average molecular weight is 301 g/mol. The Balaban J connectivity index is 2.17. The molecule has 0 saturated heterocycles. The van der Waals surface area contributed by atoms with Gasteiger partial charge in [0.05, 0.1) is 8.47 Å². The lowest BCUT2D eigenvalue weighted by molar-refractivity contribution is 1.57. The van der Waals surface area contributed by atoms with Crippen LogP contribution in [0.4, 0.5) is 0 Å². The molecular weight excluding hydrogens is 295 g/mol. The molecule has 0 spiro atoms. The van der Waals surface area contributed by atoms with E-state index in [0.717, 1.165) is 0 Å². The van der Waals surface area contributed by atoms with Gasteiger partial charge in [-0.25, -0.2) is 0 Å². The molecule has 0 N–H and O–H groups in total. The number of hydrogen-bond acceptors (Lipinski definition) is 4. The van der Waals surface area contributed by atoms with Crippen molar-refractivity contribution in [3.63, 3.8) is 0 Å². The van der Waals surface area contributed by atoms with Crippen LogP contribution < -0.4 is 0 Å². The molecule has 0 saturated carbocycles. The highest BCUT2D eigenvalue weighted by molar-refractivity contribution is 8.34. The summed E-state index contributed by atoms with van der Waals surface area (Å²) in [4.78, 5) is 2.75. The predicted octanol–water partition coefficient (Wildman–Crippen LogP) is 5.93. The lowest BCUT2D eigenvalue weighted by Gasteiger charge is -1.99. The van der Waals surface area contributed by atoms with Gasteiger partial charge in [0.15, 0.2) is 0 Å². The molecule has 0 aromatic carbocycles. The highest BCUT2D eigenvalue weighted by Gasteiger charge is 2.25. The first-order valence-corrected chi connectivity index (χ1v) is 7.78. The highest BCUT2D eigenvalue weighted by atomic mass is 35.5. The minimum absolute atomic E-state index is 0.697.